The summed E-state index contributed by atoms with van der Waals surface area (Å²) in [5.41, 5.74) is 4.22. The van der Waals surface area contributed by atoms with E-state index in [1.807, 2.05) is 60.5 Å². The maximum absolute atomic E-state index is 6.02. The average Bonchev–Trinajstić information content (AvgIpc) is 3.11. The first kappa shape index (κ1) is 13.1. The van der Waals surface area contributed by atoms with Gasteiger partial charge < -0.3 is 9.13 Å². The maximum Gasteiger partial charge on any atom is 0.0948 e. The van der Waals surface area contributed by atoms with Gasteiger partial charge in [-0.05, 0) is 36.4 Å². The first-order valence-corrected chi connectivity index (χ1v) is 7.30. The molecule has 0 spiro atoms. The second-order valence-corrected chi connectivity index (χ2v) is 5.60. The van der Waals surface area contributed by atoms with Gasteiger partial charge in [0.05, 0.1) is 35.6 Å². The monoisotopic (exact) mass is 308 g/mol. The van der Waals surface area contributed by atoms with Crippen LogP contribution in [0, 0.1) is 0 Å². The van der Waals surface area contributed by atoms with Crippen molar-refractivity contribution in [2.24, 2.45) is 7.05 Å². The molecule has 22 heavy (non-hydrogen) atoms. The summed E-state index contributed by atoms with van der Waals surface area (Å²) < 4.78 is 4.18. The van der Waals surface area contributed by atoms with Crippen LogP contribution in [0.15, 0.2) is 61.3 Å². The molecule has 0 aliphatic rings. The van der Waals surface area contributed by atoms with Crippen molar-refractivity contribution in [1.29, 1.82) is 0 Å². The Kier molecular flexibility index (Phi) is 2.98. The molecule has 0 aliphatic heterocycles. The molecule has 4 nitrogen and oxygen atoms in total. The number of imidazole rings is 1. The highest BCUT2D eigenvalue weighted by atomic mass is 35.5. The van der Waals surface area contributed by atoms with E-state index in [4.69, 9.17) is 11.6 Å². The molecule has 4 aromatic rings. The molecule has 0 atom stereocenters. The van der Waals surface area contributed by atoms with E-state index in [0.717, 1.165) is 33.0 Å². The van der Waals surface area contributed by atoms with E-state index in [2.05, 4.69) is 20.6 Å². The molecule has 0 radical (unpaired) electrons. The zero-order valence-electron chi connectivity index (χ0n) is 11.9. The minimum atomic E-state index is 0.723. The Balaban J connectivity index is 2.06. The van der Waals surface area contributed by atoms with Gasteiger partial charge in [-0.25, -0.2) is 4.98 Å². The molecule has 4 rings (SSSR count). The lowest BCUT2D eigenvalue weighted by atomic mass is 10.2. The van der Waals surface area contributed by atoms with Crippen molar-refractivity contribution in [3.8, 4) is 17.1 Å². The fraction of sp³-hybridized carbons (Fsp3) is 0.0588. The number of hydrogen-bond acceptors (Lipinski definition) is 2. The zero-order valence-corrected chi connectivity index (χ0v) is 12.7. The lowest BCUT2D eigenvalue weighted by Crippen LogP contribution is -1.99. The summed E-state index contributed by atoms with van der Waals surface area (Å²) in [6, 6.07) is 12.0. The Hall–Kier alpha value is -2.59. The van der Waals surface area contributed by atoms with Crippen LogP contribution < -0.4 is 0 Å². The third-order valence-corrected chi connectivity index (χ3v) is 4.02. The summed E-state index contributed by atoms with van der Waals surface area (Å²) in [4.78, 5) is 8.49. The normalized spacial score (nSPS) is 11.2. The van der Waals surface area contributed by atoms with Gasteiger partial charge >= 0.3 is 0 Å². The Bertz CT molecular complexity index is 950. The SMILES string of the molecule is Cn1cncc1-c1cc2ccncc2n1-c1ccc(Cl)cc1. The van der Waals surface area contributed by atoms with Crippen LogP contribution in [-0.4, -0.2) is 19.1 Å². The molecule has 3 heterocycles. The second kappa shape index (κ2) is 5.00. The van der Waals surface area contributed by atoms with Gasteiger partial charge in [0.1, 0.15) is 0 Å². The van der Waals surface area contributed by atoms with Crippen molar-refractivity contribution >= 4 is 22.5 Å². The average molecular weight is 309 g/mol. The summed E-state index contributed by atoms with van der Waals surface area (Å²) in [6.07, 6.45) is 7.36. The number of rotatable bonds is 2. The smallest absolute Gasteiger partial charge is 0.0948 e. The molecule has 0 aliphatic carbocycles. The molecule has 1 aromatic carbocycles. The van der Waals surface area contributed by atoms with Gasteiger partial charge in [0.2, 0.25) is 0 Å². The lowest BCUT2D eigenvalue weighted by molar-refractivity contribution is 0.911. The summed E-state index contributed by atoms with van der Waals surface area (Å²) in [7, 11) is 1.99. The topological polar surface area (TPSA) is 35.6 Å². The van der Waals surface area contributed by atoms with E-state index < -0.39 is 0 Å². The van der Waals surface area contributed by atoms with E-state index in [9.17, 15) is 0 Å². The largest absolute Gasteiger partial charge is 0.333 e. The van der Waals surface area contributed by atoms with Gasteiger partial charge in [0.15, 0.2) is 0 Å². The molecule has 0 saturated carbocycles. The van der Waals surface area contributed by atoms with Gasteiger partial charge in [0, 0.05) is 29.3 Å². The predicted molar refractivity (Wildman–Crippen MR) is 88.3 cm³/mol. The van der Waals surface area contributed by atoms with E-state index in [1.165, 1.54) is 0 Å². The highest BCUT2D eigenvalue weighted by Crippen LogP contribution is 2.31. The van der Waals surface area contributed by atoms with Crippen LogP contribution in [0.3, 0.4) is 0 Å². The van der Waals surface area contributed by atoms with Gasteiger partial charge in [-0.3, -0.25) is 4.98 Å². The highest BCUT2D eigenvalue weighted by Gasteiger charge is 2.14. The van der Waals surface area contributed by atoms with Gasteiger partial charge in [0.25, 0.3) is 0 Å². The van der Waals surface area contributed by atoms with Crippen molar-refractivity contribution in [3.63, 3.8) is 0 Å². The molecular weight excluding hydrogens is 296 g/mol. The predicted octanol–water partition coefficient (Wildman–Crippen LogP) is 4.08. The van der Waals surface area contributed by atoms with E-state index in [-0.39, 0.29) is 0 Å². The standard InChI is InChI=1S/C17H13ClN4/c1-21-11-20-10-17(21)15-8-12-6-7-19-9-16(12)22(15)14-4-2-13(18)3-5-14/h2-11H,1H3. The third-order valence-electron chi connectivity index (χ3n) is 3.77. The van der Waals surface area contributed by atoms with Crippen LogP contribution in [0.2, 0.25) is 5.02 Å². The number of aryl methyl sites for hydroxylation is 1. The van der Waals surface area contributed by atoms with Crippen LogP contribution in [0.5, 0.6) is 0 Å². The molecule has 3 aromatic heterocycles. The highest BCUT2D eigenvalue weighted by molar-refractivity contribution is 6.30. The third kappa shape index (κ3) is 2.00. The molecule has 0 saturated heterocycles. The van der Waals surface area contributed by atoms with Crippen molar-refractivity contribution < 1.29 is 0 Å². The number of pyridine rings is 1. The number of aromatic nitrogens is 4. The molecule has 0 bridgehead atoms. The summed E-state index contributed by atoms with van der Waals surface area (Å²) >= 11 is 6.02. The van der Waals surface area contributed by atoms with Crippen LogP contribution in [0.4, 0.5) is 0 Å². The Morgan fingerprint density at radius 3 is 2.50 bits per heavy atom. The van der Waals surface area contributed by atoms with E-state index in [0.29, 0.717) is 0 Å². The number of benzene rings is 1. The first-order chi connectivity index (χ1) is 10.7. The van der Waals surface area contributed by atoms with Crippen molar-refractivity contribution in [2.45, 2.75) is 0 Å². The van der Waals surface area contributed by atoms with Crippen molar-refractivity contribution in [3.05, 3.63) is 66.3 Å². The van der Waals surface area contributed by atoms with Gasteiger partial charge in [-0.2, -0.15) is 0 Å². The van der Waals surface area contributed by atoms with E-state index >= 15 is 0 Å². The van der Waals surface area contributed by atoms with E-state index in [1.54, 1.807) is 6.33 Å². The number of halogens is 1. The lowest BCUT2D eigenvalue weighted by Gasteiger charge is -2.11. The Morgan fingerprint density at radius 1 is 0.955 bits per heavy atom. The van der Waals surface area contributed by atoms with Crippen LogP contribution >= 0.6 is 11.6 Å². The van der Waals surface area contributed by atoms with Gasteiger partial charge in [-0.15, -0.1) is 0 Å². The summed E-state index contributed by atoms with van der Waals surface area (Å²) in [5.74, 6) is 0. The van der Waals surface area contributed by atoms with Crippen LogP contribution in [-0.2, 0) is 7.05 Å². The quantitative estimate of drug-likeness (QED) is 0.559. The summed E-state index contributed by atoms with van der Waals surface area (Å²) in [6.45, 7) is 0. The molecule has 108 valence electrons. The first-order valence-electron chi connectivity index (χ1n) is 6.92. The molecule has 0 fully saturated rings. The zero-order chi connectivity index (χ0) is 15.1. The molecule has 0 N–H and O–H groups in total. The minimum Gasteiger partial charge on any atom is -0.333 e. The fourth-order valence-corrected chi connectivity index (χ4v) is 2.83. The molecular formula is C17H13ClN4. The second-order valence-electron chi connectivity index (χ2n) is 5.17. The minimum absolute atomic E-state index is 0.723. The van der Waals surface area contributed by atoms with Crippen LogP contribution in [0.1, 0.15) is 0 Å². The molecule has 0 unspecified atom stereocenters. The number of fused-ring (bicyclic) bond motifs is 1. The summed E-state index contributed by atoms with van der Waals surface area (Å²) in [5, 5.41) is 1.86. The van der Waals surface area contributed by atoms with Crippen molar-refractivity contribution in [1.82, 2.24) is 19.1 Å². The van der Waals surface area contributed by atoms with Crippen molar-refractivity contribution in [2.75, 3.05) is 0 Å². The van der Waals surface area contributed by atoms with Gasteiger partial charge in [-0.1, -0.05) is 11.6 Å². The molecule has 5 heteroatoms. The van der Waals surface area contributed by atoms with Crippen LogP contribution in [0.25, 0.3) is 28.0 Å². The Labute approximate surface area is 132 Å². The molecule has 0 amide bonds. The fourth-order valence-electron chi connectivity index (χ4n) is 2.71. The number of hydrogen-bond donors (Lipinski definition) is 0. The maximum atomic E-state index is 6.02. The number of nitrogens with zero attached hydrogens (tertiary/aromatic N) is 4. The Morgan fingerprint density at radius 2 is 1.77 bits per heavy atom.